The molecule has 33 heavy (non-hydrogen) atoms. The normalized spacial score (nSPS) is 13.1. The molecule has 1 amide bonds. The van der Waals surface area contributed by atoms with E-state index in [-0.39, 0.29) is 17.4 Å². The molecule has 0 radical (unpaired) electrons. The van der Waals surface area contributed by atoms with Crippen molar-refractivity contribution in [2.24, 2.45) is 0 Å². The predicted molar refractivity (Wildman–Crippen MR) is 137 cm³/mol. The van der Waals surface area contributed by atoms with E-state index in [1.807, 2.05) is 6.08 Å². The van der Waals surface area contributed by atoms with Gasteiger partial charge in [-0.1, -0.05) is 81.0 Å². The lowest BCUT2D eigenvalue weighted by Gasteiger charge is -2.06. The Morgan fingerprint density at radius 3 is 2.30 bits per heavy atom. The largest absolute Gasteiger partial charge is 0.389 e. The molecule has 0 spiro atoms. The summed E-state index contributed by atoms with van der Waals surface area (Å²) in [6.45, 7) is 2.13. The number of carbonyl (C=O) groups excluding carboxylic acids is 1. The molecule has 0 saturated heterocycles. The van der Waals surface area contributed by atoms with Gasteiger partial charge in [0, 0.05) is 11.4 Å². The Morgan fingerprint density at radius 2 is 1.64 bits per heavy atom. The van der Waals surface area contributed by atoms with Gasteiger partial charge in [0.1, 0.15) is 0 Å². The Kier molecular flexibility index (Phi) is 15.9. The standard InChI is InChI=1S/C26H40ClNO4S/c1-2-3-18-24(29)19-14-12-10-8-6-4-5-7-9-11-13-15-21-26(30)28-33(31,32)25-20-16-17-23(27)22-25/h9,11,14,16-17,19-20,22,24,29H,2-8,10,12-13,15,18,21H2,1H3,(H,28,30)/b11-9-,19-14-/t24-/m1/s1. The summed E-state index contributed by atoms with van der Waals surface area (Å²) in [6.07, 6.45) is 20.6. The molecule has 1 rings (SSSR count). The summed E-state index contributed by atoms with van der Waals surface area (Å²) in [5.41, 5.74) is 0. The first kappa shape index (κ1) is 29.4. The van der Waals surface area contributed by atoms with Gasteiger partial charge in [0.25, 0.3) is 10.0 Å². The van der Waals surface area contributed by atoms with Crippen LogP contribution in [0.1, 0.15) is 90.4 Å². The number of hydrogen-bond donors (Lipinski definition) is 2. The van der Waals surface area contributed by atoms with E-state index in [1.165, 1.54) is 43.9 Å². The second-order valence-electron chi connectivity index (χ2n) is 8.33. The van der Waals surface area contributed by atoms with E-state index in [2.05, 4.69) is 29.9 Å². The Labute approximate surface area is 205 Å². The number of nitrogens with one attached hydrogen (secondary N) is 1. The molecule has 1 atom stereocenters. The van der Waals surface area contributed by atoms with Crippen LogP contribution in [0.25, 0.3) is 0 Å². The van der Waals surface area contributed by atoms with E-state index in [0.717, 1.165) is 44.9 Å². The number of rotatable bonds is 18. The first-order valence-corrected chi connectivity index (χ1v) is 14.0. The zero-order valence-electron chi connectivity index (χ0n) is 19.8. The number of benzene rings is 1. The van der Waals surface area contributed by atoms with Crippen molar-refractivity contribution in [2.45, 2.75) is 101 Å². The molecule has 0 saturated carbocycles. The van der Waals surface area contributed by atoms with Gasteiger partial charge in [0.05, 0.1) is 11.0 Å². The van der Waals surface area contributed by atoms with Gasteiger partial charge in [-0.15, -0.1) is 0 Å². The third-order valence-corrected chi connectivity index (χ3v) is 6.86. The minimum atomic E-state index is -3.87. The fourth-order valence-electron chi connectivity index (χ4n) is 3.33. The molecule has 0 aromatic heterocycles. The molecule has 0 heterocycles. The maximum atomic E-state index is 12.2. The van der Waals surface area contributed by atoms with E-state index >= 15 is 0 Å². The summed E-state index contributed by atoms with van der Waals surface area (Å²) in [7, 11) is -3.87. The molecule has 0 unspecified atom stereocenters. The van der Waals surface area contributed by atoms with Crippen molar-refractivity contribution >= 4 is 27.5 Å². The molecule has 5 nitrogen and oxygen atoms in total. The van der Waals surface area contributed by atoms with Crippen molar-refractivity contribution < 1.29 is 18.3 Å². The van der Waals surface area contributed by atoms with Crippen LogP contribution in [0.5, 0.6) is 0 Å². The molecule has 0 fully saturated rings. The molecule has 0 aliphatic carbocycles. The summed E-state index contributed by atoms with van der Waals surface area (Å²) in [6, 6.07) is 5.84. The highest BCUT2D eigenvalue weighted by atomic mass is 35.5. The van der Waals surface area contributed by atoms with Gasteiger partial charge >= 0.3 is 0 Å². The van der Waals surface area contributed by atoms with Crippen molar-refractivity contribution in [2.75, 3.05) is 0 Å². The average molecular weight is 498 g/mol. The zero-order chi connectivity index (χ0) is 24.4. The van der Waals surface area contributed by atoms with Crippen LogP contribution < -0.4 is 4.72 Å². The SMILES string of the molecule is CCCC[C@@H](O)/C=C\CCCCCCC/C=C\CCCC(=O)NS(=O)(=O)c1cccc(Cl)c1. The van der Waals surface area contributed by atoms with Crippen LogP contribution in [-0.4, -0.2) is 25.5 Å². The first-order valence-electron chi connectivity index (χ1n) is 12.2. The maximum absolute atomic E-state index is 12.2. The van der Waals surface area contributed by atoms with Crippen molar-refractivity contribution in [1.82, 2.24) is 4.72 Å². The quantitative estimate of drug-likeness (QED) is 0.174. The van der Waals surface area contributed by atoms with Crippen molar-refractivity contribution in [3.05, 3.63) is 53.6 Å². The van der Waals surface area contributed by atoms with Gasteiger partial charge in [-0.2, -0.15) is 0 Å². The predicted octanol–water partition coefficient (Wildman–Crippen LogP) is 6.71. The molecular formula is C26H40ClNO4S. The number of halogens is 1. The van der Waals surface area contributed by atoms with E-state index < -0.39 is 15.9 Å². The number of carbonyl (C=O) groups is 1. The summed E-state index contributed by atoms with van der Waals surface area (Å²) in [4.78, 5) is 11.9. The van der Waals surface area contributed by atoms with Crippen LogP contribution in [0.2, 0.25) is 5.02 Å². The van der Waals surface area contributed by atoms with Crippen LogP contribution in [0.4, 0.5) is 0 Å². The fourth-order valence-corrected chi connectivity index (χ4v) is 4.64. The molecule has 0 aliphatic rings. The van der Waals surface area contributed by atoms with Crippen molar-refractivity contribution in [1.29, 1.82) is 0 Å². The number of aliphatic hydroxyl groups is 1. The van der Waals surface area contributed by atoms with Crippen LogP contribution in [0, 0.1) is 0 Å². The Morgan fingerprint density at radius 1 is 1.00 bits per heavy atom. The zero-order valence-corrected chi connectivity index (χ0v) is 21.4. The topological polar surface area (TPSA) is 83.5 Å². The number of sulfonamides is 1. The molecule has 7 heteroatoms. The molecular weight excluding hydrogens is 458 g/mol. The second kappa shape index (κ2) is 17.8. The summed E-state index contributed by atoms with van der Waals surface area (Å²) in [5.74, 6) is -0.506. The number of amides is 1. The van der Waals surface area contributed by atoms with Crippen LogP contribution in [0.3, 0.4) is 0 Å². The highest BCUT2D eigenvalue weighted by molar-refractivity contribution is 7.90. The number of unbranched alkanes of at least 4 members (excludes halogenated alkanes) is 8. The lowest BCUT2D eigenvalue weighted by Crippen LogP contribution is -2.30. The summed E-state index contributed by atoms with van der Waals surface area (Å²) >= 11 is 5.81. The second-order valence-corrected chi connectivity index (χ2v) is 10.5. The number of allylic oxidation sites excluding steroid dienone is 3. The van der Waals surface area contributed by atoms with E-state index in [0.29, 0.717) is 11.4 Å². The summed E-state index contributed by atoms with van der Waals surface area (Å²) < 4.78 is 26.4. The Hall–Kier alpha value is -1.63. The number of aliphatic hydroxyl groups excluding tert-OH is 1. The van der Waals surface area contributed by atoms with Crippen LogP contribution >= 0.6 is 11.6 Å². The first-order chi connectivity index (χ1) is 15.8. The van der Waals surface area contributed by atoms with E-state index in [4.69, 9.17) is 11.6 Å². The summed E-state index contributed by atoms with van der Waals surface area (Å²) in [5, 5.41) is 10.0. The van der Waals surface area contributed by atoms with E-state index in [9.17, 15) is 18.3 Å². The Balaban J connectivity index is 2.02. The average Bonchev–Trinajstić information content (AvgIpc) is 2.77. The van der Waals surface area contributed by atoms with E-state index in [1.54, 1.807) is 6.07 Å². The van der Waals surface area contributed by atoms with Crippen LogP contribution in [-0.2, 0) is 14.8 Å². The number of hydrogen-bond acceptors (Lipinski definition) is 4. The van der Waals surface area contributed by atoms with Gasteiger partial charge < -0.3 is 5.11 Å². The molecule has 2 N–H and O–H groups in total. The smallest absolute Gasteiger partial charge is 0.264 e. The van der Waals surface area contributed by atoms with Crippen molar-refractivity contribution in [3.8, 4) is 0 Å². The highest BCUT2D eigenvalue weighted by Gasteiger charge is 2.17. The van der Waals surface area contributed by atoms with Crippen molar-refractivity contribution in [3.63, 3.8) is 0 Å². The van der Waals surface area contributed by atoms with Gasteiger partial charge in [0.15, 0.2) is 0 Å². The monoisotopic (exact) mass is 497 g/mol. The highest BCUT2D eigenvalue weighted by Crippen LogP contribution is 2.15. The third kappa shape index (κ3) is 15.0. The Bertz CT molecular complexity index is 836. The molecule has 0 aliphatic heterocycles. The lowest BCUT2D eigenvalue weighted by atomic mass is 10.1. The molecule has 1 aromatic carbocycles. The van der Waals surface area contributed by atoms with Gasteiger partial charge in [-0.05, 0) is 63.1 Å². The molecule has 0 bridgehead atoms. The third-order valence-electron chi connectivity index (χ3n) is 5.25. The van der Waals surface area contributed by atoms with Crippen LogP contribution in [0.15, 0.2) is 53.5 Å². The van der Waals surface area contributed by atoms with Gasteiger partial charge in [0.2, 0.25) is 5.91 Å². The van der Waals surface area contributed by atoms with Gasteiger partial charge in [-0.25, -0.2) is 13.1 Å². The lowest BCUT2D eigenvalue weighted by molar-refractivity contribution is -0.119. The molecule has 1 aromatic rings. The minimum Gasteiger partial charge on any atom is -0.389 e. The maximum Gasteiger partial charge on any atom is 0.264 e. The van der Waals surface area contributed by atoms with Gasteiger partial charge in [-0.3, -0.25) is 4.79 Å². The molecule has 186 valence electrons. The fraction of sp³-hybridized carbons (Fsp3) is 0.577. The minimum absolute atomic E-state index is 0.0130.